The van der Waals surface area contributed by atoms with Gasteiger partial charge >= 0.3 is 0 Å². The maximum absolute atomic E-state index is 12.9. The molecule has 0 spiro atoms. The number of amides is 1. The molecule has 0 aliphatic carbocycles. The van der Waals surface area contributed by atoms with E-state index in [0.29, 0.717) is 0 Å². The van der Waals surface area contributed by atoms with Crippen LogP contribution in [-0.2, 0) is 0 Å². The number of aromatic hydroxyl groups is 1. The third-order valence-electron chi connectivity index (χ3n) is 2.62. The first-order chi connectivity index (χ1) is 9.88. The third kappa shape index (κ3) is 3.26. The number of hydrogen-bond acceptors (Lipinski definition) is 4. The maximum atomic E-state index is 12.9. The number of nitro groups is 1. The van der Waals surface area contributed by atoms with Crippen LogP contribution in [0.1, 0.15) is 10.4 Å². The van der Waals surface area contributed by atoms with Crippen LogP contribution in [0.4, 0.5) is 15.8 Å². The molecule has 0 fully saturated rings. The Kier molecular flexibility index (Phi) is 4.04. The number of halogens is 2. The summed E-state index contributed by atoms with van der Waals surface area (Å²) in [5.74, 6) is -1.73. The molecular formula is C13H8ClFN2O4. The van der Waals surface area contributed by atoms with E-state index in [-0.39, 0.29) is 22.0 Å². The van der Waals surface area contributed by atoms with Gasteiger partial charge in [0.15, 0.2) is 0 Å². The van der Waals surface area contributed by atoms with Crippen LogP contribution in [0, 0.1) is 15.9 Å². The number of nitrogens with zero attached hydrogens (tertiary/aromatic N) is 1. The van der Waals surface area contributed by atoms with Crippen LogP contribution in [0.3, 0.4) is 0 Å². The fraction of sp³-hybridized carbons (Fsp3) is 0. The first-order valence-corrected chi connectivity index (χ1v) is 6.00. The van der Waals surface area contributed by atoms with E-state index in [0.717, 1.165) is 24.3 Å². The van der Waals surface area contributed by atoms with Crippen LogP contribution < -0.4 is 5.32 Å². The summed E-state index contributed by atoms with van der Waals surface area (Å²) in [7, 11) is 0. The Labute approximate surface area is 122 Å². The number of carbonyl (C=O) groups is 1. The molecular weight excluding hydrogens is 303 g/mol. The van der Waals surface area contributed by atoms with Crippen molar-refractivity contribution in [2.75, 3.05) is 5.32 Å². The molecule has 108 valence electrons. The predicted molar refractivity (Wildman–Crippen MR) is 74.1 cm³/mol. The molecule has 8 heteroatoms. The fourth-order valence-corrected chi connectivity index (χ4v) is 1.86. The highest BCUT2D eigenvalue weighted by atomic mass is 35.5. The van der Waals surface area contributed by atoms with Crippen molar-refractivity contribution in [3.8, 4) is 5.75 Å². The molecule has 0 bridgehead atoms. The summed E-state index contributed by atoms with van der Waals surface area (Å²) in [6.45, 7) is 0. The number of anilines is 1. The molecule has 0 atom stereocenters. The van der Waals surface area contributed by atoms with Gasteiger partial charge in [0.2, 0.25) is 0 Å². The quantitative estimate of drug-likeness (QED) is 0.516. The molecule has 2 aromatic rings. The number of nitro benzene ring substituents is 1. The summed E-state index contributed by atoms with van der Waals surface area (Å²) in [5, 5.41) is 22.4. The molecule has 0 aromatic heterocycles. The second-order valence-corrected chi connectivity index (χ2v) is 4.44. The molecule has 6 nitrogen and oxygen atoms in total. The normalized spacial score (nSPS) is 10.2. The number of nitrogens with one attached hydrogen (secondary N) is 1. The van der Waals surface area contributed by atoms with Gasteiger partial charge in [0.25, 0.3) is 11.6 Å². The number of carbonyl (C=O) groups excluding carboxylic acids is 1. The van der Waals surface area contributed by atoms with E-state index < -0.39 is 22.4 Å². The molecule has 0 heterocycles. The van der Waals surface area contributed by atoms with E-state index in [1.54, 1.807) is 0 Å². The summed E-state index contributed by atoms with van der Waals surface area (Å²) in [4.78, 5) is 21.8. The van der Waals surface area contributed by atoms with Crippen LogP contribution in [0.15, 0.2) is 36.4 Å². The number of non-ortho nitro benzene ring substituents is 1. The minimum Gasteiger partial charge on any atom is -0.506 e. The fourth-order valence-electron chi connectivity index (χ4n) is 1.60. The number of hydrogen-bond donors (Lipinski definition) is 2. The minimum atomic E-state index is -0.678. The minimum absolute atomic E-state index is 0.0100. The van der Waals surface area contributed by atoms with Gasteiger partial charge in [0, 0.05) is 6.07 Å². The Balaban J connectivity index is 2.25. The molecule has 0 saturated carbocycles. The number of phenols is 1. The zero-order valence-electron chi connectivity index (χ0n) is 10.3. The van der Waals surface area contributed by atoms with Crippen LogP contribution in [0.25, 0.3) is 0 Å². The molecule has 21 heavy (non-hydrogen) atoms. The Morgan fingerprint density at radius 3 is 2.57 bits per heavy atom. The topological polar surface area (TPSA) is 92.5 Å². The predicted octanol–water partition coefficient (Wildman–Crippen LogP) is 3.35. The molecule has 0 aliphatic heterocycles. The molecule has 0 unspecified atom stereocenters. The van der Waals surface area contributed by atoms with Crippen molar-refractivity contribution in [2.24, 2.45) is 0 Å². The zero-order valence-corrected chi connectivity index (χ0v) is 11.1. The van der Waals surface area contributed by atoms with E-state index in [1.807, 2.05) is 0 Å². The van der Waals surface area contributed by atoms with Crippen molar-refractivity contribution < 1.29 is 19.2 Å². The summed E-state index contributed by atoms with van der Waals surface area (Å²) in [5.41, 5.74) is -0.327. The summed E-state index contributed by atoms with van der Waals surface area (Å²) in [6.07, 6.45) is 0. The lowest BCUT2D eigenvalue weighted by Gasteiger charge is -2.08. The second kappa shape index (κ2) is 5.76. The van der Waals surface area contributed by atoms with Gasteiger partial charge in [0.05, 0.1) is 27.3 Å². The molecule has 2 rings (SSSR count). The van der Waals surface area contributed by atoms with Crippen molar-refractivity contribution >= 4 is 28.9 Å². The van der Waals surface area contributed by atoms with Crippen molar-refractivity contribution in [1.29, 1.82) is 0 Å². The SMILES string of the molecule is O=C(Nc1ccc([N+](=O)[O-])cc1O)c1ccc(F)cc1Cl. The van der Waals surface area contributed by atoms with Crippen molar-refractivity contribution in [3.05, 3.63) is 62.9 Å². The Hall–Kier alpha value is -2.67. The highest BCUT2D eigenvalue weighted by Gasteiger charge is 2.15. The average Bonchev–Trinajstić information content (AvgIpc) is 2.40. The van der Waals surface area contributed by atoms with E-state index in [1.165, 1.54) is 12.1 Å². The van der Waals surface area contributed by atoms with Gasteiger partial charge in [-0.2, -0.15) is 0 Å². The number of phenolic OH excluding ortho intramolecular Hbond substituents is 1. The van der Waals surface area contributed by atoms with Gasteiger partial charge < -0.3 is 10.4 Å². The maximum Gasteiger partial charge on any atom is 0.273 e. The lowest BCUT2D eigenvalue weighted by atomic mass is 10.2. The molecule has 2 N–H and O–H groups in total. The molecule has 1 amide bonds. The number of benzene rings is 2. The van der Waals surface area contributed by atoms with E-state index in [2.05, 4.69) is 5.32 Å². The van der Waals surface area contributed by atoms with E-state index in [9.17, 15) is 24.4 Å². The largest absolute Gasteiger partial charge is 0.506 e. The van der Waals surface area contributed by atoms with Crippen LogP contribution >= 0.6 is 11.6 Å². The Morgan fingerprint density at radius 1 is 1.29 bits per heavy atom. The average molecular weight is 311 g/mol. The molecule has 0 aliphatic rings. The summed E-state index contributed by atoms with van der Waals surface area (Å²) >= 11 is 5.74. The third-order valence-corrected chi connectivity index (χ3v) is 2.93. The molecule has 0 radical (unpaired) electrons. The first kappa shape index (κ1) is 14.7. The van der Waals surface area contributed by atoms with Crippen molar-refractivity contribution in [1.82, 2.24) is 0 Å². The second-order valence-electron chi connectivity index (χ2n) is 4.04. The van der Waals surface area contributed by atoms with Gasteiger partial charge in [-0.3, -0.25) is 14.9 Å². The first-order valence-electron chi connectivity index (χ1n) is 5.62. The standard InChI is InChI=1S/C13H8ClFN2O4/c14-10-5-7(15)1-3-9(10)13(19)16-11-4-2-8(17(20)21)6-12(11)18/h1-6,18H,(H,16,19). The van der Waals surface area contributed by atoms with Gasteiger partial charge in [0.1, 0.15) is 11.6 Å². The van der Waals surface area contributed by atoms with Crippen LogP contribution in [0.5, 0.6) is 5.75 Å². The molecule has 0 saturated heterocycles. The van der Waals surface area contributed by atoms with Gasteiger partial charge in [-0.25, -0.2) is 4.39 Å². The number of rotatable bonds is 3. The van der Waals surface area contributed by atoms with Gasteiger partial charge in [-0.05, 0) is 24.3 Å². The lowest BCUT2D eigenvalue weighted by molar-refractivity contribution is -0.384. The van der Waals surface area contributed by atoms with E-state index >= 15 is 0 Å². The van der Waals surface area contributed by atoms with Crippen molar-refractivity contribution in [3.63, 3.8) is 0 Å². The van der Waals surface area contributed by atoms with Crippen LogP contribution in [-0.4, -0.2) is 15.9 Å². The van der Waals surface area contributed by atoms with Crippen LogP contribution in [0.2, 0.25) is 5.02 Å². The van der Waals surface area contributed by atoms with Crippen molar-refractivity contribution in [2.45, 2.75) is 0 Å². The Morgan fingerprint density at radius 2 is 2.00 bits per heavy atom. The van der Waals surface area contributed by atoms with Gasteiger partial charge in [-0.1, -0.05) is 11.6 Å². The van der Waals surface area contributed by atoms with Gasteiger partial charge in [-0.15, -0.1) is 0 Å². The summed E-state index contributed by atoms with van der Waals surface area (Å²) < 4.78 is 12.9. The highest BCUT2D eigenvalue weighted by Crippen LogP contribution is 2.29. The molecule has 2 aromatic carbocycles. The monoisotopic (exact) mass is 310 g/mol. The summed E-state index contributed by atoms with van der Waals surface area (Å²) in [6, 6.07) is 6.45. The zero-order chi connectivity index (χ0) is 15.6. The van der Waals surface area contributed by atoms with E-state index in [4.69, 9.17) is 11.6 Å². The smallest absolute Gasteiger partial charge is 0.273 e. The Bertz CT molecular complexity index is 736. The highest BCUT2D eigenvalue weighted by molar-refractivity contribution is 6.34. The lowest BCUT2D eigenvalue weighted by Crippen LogP contribution is -2.12.